The lowest BCUT2D eigenvalue weighted by Crippen LogP contribution is -2.40. The molecular formula is C15H20O4. The summed E-state index contributed by atoms with van der Waals surface area (Å²) in [6.45, 7) is 8.24. The van der Waals surface area contributed by atoms with Crippen LogP contribution in [0.15, 0.2) is 12.2 Å². The van der Waals surface area contributed by atoms with Gasteiger partial charge in [0.15, 0.2) is 0 Å². The minimum absolute atomic E-state index is 0.0142. The van der Waals surface area contributed by atoms with Crippen LogP contribution < -0.4 is 0 Å². The Balaban J connectivity index is 1.73. The van der Waals surface area contributed by atoms with Crippen LogP contribution in [-0.4, -0.2) is 35.5 Å². The Morgan fingerprint density at radius 2 is 2.16 bits per heavy atom. The number of rotatable bonds is 0. The van der Waals surface area contributed by atoms with Crippen molar-refractivity contribution in [3.05, 3.63) is 12.2 Å². The summed E-state index contributed by atoms with van der Waals surface area (Å²) in [6, 6.07) is 0. The summed E-state index contributed by atoms with van der Waals surface area (Å²) in [5.41, 5.74) is 0.413. The van der Waals surface area contributed by atoms with Crippen LogP contribution >= 0.6 is 0 Å². The summed E-state index contributed by atoms with van der Waals surface area (Å²) in [7, 11) is 0. The zero-order chi connectivity index (χ0) is 13.5. The van der Waals surface area contributed by atoms with E-state index in [1.807, 2.05) is 0 Å². The molecule has 0 aromatic rings. The smallest absolute Gasteiger partial charge is 0.334 e. The van der Waals surface area contributed by atoms with Crippen LogP contribution in [0.4, 0.5) is 0 Å². The summed E-state index contributed by atoms with van der Waals surface area (Å²) in [4.78, 5) is 11.7. The van der Waals surface area contributed by atoms with Gasteiger partial charge in [-0.15, -0.1) is 0 Å². The van der Waals surface area contributed by atoms with E-state index in [0.29, 0.717) is 17.4 Å². The molecule has 8 atom stereocenters. The zero-order valence-corrected chi connectivity index (χ0v) is 11.3. The number of hydrogen-bond donors (Lipinski definition) is 1. The second-order valence-corrected chi connectivity index (χ2v) is 7.03. The van der Waals surface area contributed by atoms with Crippen molar-refractivity contribution in [2.24, 2.45) is 23.2 Å². The first-order valence-corrected chi connectivity index (χ1v) is 7.17. The number of fused-ring (bicyclic) bond motifs is 4. The predicted molar refractivity (Wildman–Crippen MR) is 67.2 cm³/mol. The fourth-order valence-corrected chi connectivity index (χ4v) is 4.98. The van der Waals surface area contributed by atoms with E-state index in [1.165, 1.54) is 0 Å². The van der Waals surface area contributed by atoms with Crippen LogP contribution in [0, 0.1) is 23.2 Å². The Hall–Kier alpha value is -0.870. The molecule has 19 heavy (non-hydrogen) atoms. The molecule has 4 rings (SSSR count). The van der Waals surface area contributed by atoms with Gasteiger partial charge in [-0.05, 0) is 24.7 Å². The van der Waals surface area contributed by atoms with Crippen molar-refractivity contribution in [3.8, 4) is 0 Å². The first-order valence-electron chi connectivity index (χ1n) is 7.17. The lowest BCUT2D eigenvalue weighted by Gasteiger charge is -2.38. The molecule has 0 radical (unpaired) electrons. The van der Waals surface area contributed by atoms with E-state index in [-0.39, 0.29) is 35.6 Å². The highest BCUT2D eigenvalue weighted by atomic mass is 16.6. The Morgan fingerprint density at radius 3 is 2.89 bits per heavy atom. The molecule has 4 heteroatoms. The maximum absolute atomic E-state index is 11.7. The minimum Gasteiger partial charge on any atom is -0.458 e. The predicted octanol–water partition coefficient (Wildman–Crippen LogP) is 1.28. The number of aliphatic hydroxyl groups excluding tert-OH is 1. The lowest BCUT2D eigenvalue weighted by atomic mass is 9.68. The number of esters is 1. The normalized spacial score (nSPS) is 59.0. The van der Waals surface area contributed by atoms with Gasteiger partial charge in [-0.2, -0.15) is 0 Å². The number of epoxide rings is 1. The summed E-state index contributed by atoms with van der Waals surface area (Å²) in [5, 5.41) is 10.5. The number of aliphatic hydroxyl groups is 1. The molecule has 2 aliphatic carbocycles. The third-order valence-corrected chi connectivity index (χ3v) is 5.96. The maximum atomic E-state index is 11.7. The van der Waals surface area contributed by atoms with Gasteiger partial charge in [0.05, 0.1) is 12.2 Å². The summed E-state index contributed by atoms with van der Waals surface area (Å²) in [5.74, 6) is 0.575. The Kier molecular flexibility index (Phi) is 2.14. The van der Waals surface area contributed by atoms with E-state index in [9.17, 15) is 9.90 Å². The van der Waals surface area contributed by atoms with E-state index in [4.69, 9.17) is 9.47 Å². The van der Waals surface area contributed by atoms with Crippen molar-refractivity contribution in [2.75, 3.05) is 0 Å². The van der Waals surface area contributed by atoms with Crippen LogP contribution in [0.25, 0.3) is 0 Å². The zero-order valence-electron chi connectivity index (χ0n) is 11.3. The number of ether oxygens (including phenoxy) is 2. The second-order valence-electron chi connectivity index (χ2n) is 7.03. The van der Waals surface area contributed by atoms with Crippen molar-refractivity contribution < 1.29 is 19.4 Å². The van der Waals surface area contributed by atoms with Crippen LogP contribution in [0.1, 0.15) is 26.7 Å². The molecular weight excluding hydrogens is 244 g/mol. The molecule has 2 saturated carbocycles. The Bertz CT molecular complexity index is 473. The molecule has 0 aromatic heterocycles. The summed E-state index contributed by atoms with van der Waals surface area (Å²) >= 11 is 0. The topological polar surface area (TPSA) is 59.1 Å². The standard InChI is InChI=1S/C15H20O4/c1-6-4-9-8(7(2)14(17)18-9)5-15(3)10(6)11-12(19-11)13(15)16/h6,8-13,16H,2,4-5H2,1,3H3/t6-,8-,9+,10-,11+,12+,13+,15+/m1/s1. The molecule has 4 aliphatic rings. The van der Waals surface area contributed by atoms with E-state index in [2.05, 4.69) is 20.4 Å². The van der Waals surface area contributed by atoms with E-state index >= 15 is 0 Å². The Morgan fingerprint density at radius 1 is 1.42 bits per heavy atom. The van der Waals surface area contributed by atoms with Crippen molar-refractivity contribution in [1.29, 1.82) is 0 Å². The van der Waals surface area contributed by atoms with Crippen molar-refractivity contribution >= 4 is 5.97 Å². The third-order valence-electron chi connectivity index (χ3n) is 5.96. The molecule has 0 unspecified atom stereocenters. The highest BCUT2D eigenvalue weighted by Crippen LogP contribution is 2.62. The molecule has 0 amide bonds. The minimum atomic E-state index is -0.424. The fourth-order valence-electron chi connectivity index (χ4n) is 4.98. The van der Waals surface area contributed by atoms with Gasteiger partial charge >= 0.3 is 5.97 Å². The first kappa shape index (κ1) is 11.9. The largest absolute Gasteiger partial charge is 0.458 e. The van der Waals surface area contributed by atoms with Gasteiger partial charge < -0.3 is 14.6 Å². The third kappa shape index (κ3) is 1.34. The molecule has 0 aromatic carbocycles. The molecule has 0 spiro atoms. The van der Waals surface area contributed by atoms with Crippen LogP contribution in [-0.2, 0) is 14.3 Å². The fraction of sp³-hybridized carbons (Fsp3) is 0.800. The monoisotopic (exact) mass is 264 g/mol. The van der Waals surface area contributed by atoms with Gasteiger partial charge in [-0.25, -0.2) is 4.79 Å². The van der Waals surface area contributed by atoms with Crippen molar-refractivity contribution in [1.82, 2.24) is 0 Å². The highest BCUT2D eigenvalue weighted by molar-refractivity contribution is 5.90. The van der Waals surface area contributed by atoms with E-state index < -0.39 is 6.10 Å². The SMILES string of the molecule is C=C1C(=O)O[C@H]2C[C@@H](C)[C@@H]3[C@@H]4O[C@@H]4[C@H](O)[C@@]3(C)C[C@H]12. The van der Waals surface area contributed by atoms with Crippen molar-refractivity contribution in [3.63, 3.8) is 0 Å². The molecule has 2 aliphatic heterocycles. The number of carbonyl (C=O) groups is 1. The van der Waals surface area contributed by atoms with Gasteiger partial charge in [0, 0.05) is 16.9 Å². The van der Waals surface area contributed by atoms with Gasteiger partial charge in [0.1, 0.15) is 12.2 Å². The molecule has 0 bridgehead atoms. The first-order chi connectivity index (χ1) is 8.93. The second kappa shape index (κ2) is 3.41. The molecule has 104 valence electrons. The maximum Gasteiger partial charge on any atom is 0.334 e. The molecule has 4 nitrogen and oxygen atoms in total. The number of carbonyl (C=O) groups excluding carboxylic acids is 1. The van der Waals surface area contributed by atoms with Gasteiger partial charge in [-0.3, -0.25) is 0 Å². The summed E-state index contributed by atoms with van der Waals surface area (Å²) < 4.78 is 11.1. The van der Waals surface area contributed by atoms with Crippen LogP contribution in [0.2, 0.25) is 0 Å². The summed E-state index contributed by atoms with van der Waals surface area (Å²) in [6.07, 6.45) is 1.39. The average Bonchev–Trinajstić information content (AvgIpc) is 3.04. The van der Waals surface area contributed by atoms with E-state index in [1.54, 1.807) is 0 Å². The van der Waals surface area contributed by atoms with Crippen LogP contribution in [0.5, 0.6) is 0 Å². The number of hydrogen-bond acceptors (Lipinski definition) is 4. The highest BCUT2D eigenvalue weighted by Gasteiger charge is 2.70. The van der Waals surface area contributed by atoms with Crippen molar-refractivity contribution in [2.45, 2.75) is 51.1 Å². The van der Waals surface area contributed by atoms with E-state index in [0.717, 1.165) is 12.8 Å². The lowest BCUT2D eigenvalue weighted by molar-refractivity contribution is -0.139. The molecule has 1 N–H and O–H groups in total. The van der Waals surface area contributed by atoms with Gasteiger partial charge in [0.25, 0.3) is 0 Å². The molecule has 2 saturated heterocycles. The average molecular weight is 264 g/mol. The quantitative estimate of drug-likeness (QED) is 0.407. The molecule has 4 fully saturated rings. The van der Waals surface area contributed by atoms with Gasteiger partial charge in [0.2, 0.25) is 0 Å². The molecule has 2 heterocycles. The van der Waals surface area contributed by atoms with Crippen LogP contribution in [0.3, 0.4) is 0 Å². The van der Waals surface area contributed by atoms with Gasteiger partial charge in [-0.1, -0.05) is 20.4 Å². The Labute approximate surface area is 112 Å².